The van der Waals surface area contributed by atoms with E-state index in [0.717, 1.165) is 12.2 Å². The molecule has 21 heavy (non-hydrogen) atoms. The van der Waals surface area contributed by atoms with Gasteiger partial charge in [-0.05, 0) is 35.7 Å². The Morgan fingerprint density at radius 2 is 2.05 bits per heavy atom. The van der Waals surface area contributed by atoms with E-state index in [2.05, 4.69) is 26.3 Å². The number of nitrogens with one attached hydrogen (secondary N) is 1. The lowest BCUT2D eigenvalue weighted by Gasteiger charge is -2.12. The van der Waals surface area contributed by atoms with Crippen LogP contribution in [0.5, 0.6) is 5.75 Å². The minimum atomic E-state index is 0.178. The average molecular weight is 308 g/mol. The van der Waals surface area contributed by atoms with Gasteiger partial charge in [-0.2, -0.15) is 15.0 Å². The zero-order chi connectivity index (χ0) is 15.2. The van der Waals surface area contributed by atoms with E-state index in [1.807, 2.05) is 32.3 Å². The van der Waals surface area contributed by atoms with E-state index in [-0.39, 0.29) is 5.28 Å². The molecule has 0 unspecified atom stereocenters. The summed E-state index contributed by atoms with van der Waals surface area (Å²) in [7, 11) is 5.37. The third kappa shape index (κ3) is 4.46. The lowest BCUT2D eigenvalue weighted by atomic mass is 10.1. The van der Waals surface area contributed by atoms with Crippen LogP contribution in [0.15, 0.2) is 24.3 Å². The Hall–Kier alpha value is -2.08. The highest BCUT2D eigenvalue weighted by atomic mass is 35.5. The molecule has 0 amide bonds. The second-order valence-corrected chi connectivity index (χ2v) is 4.99. The Balaban J connectivity index is 1.96. The minimum Gasteiger partial charge on any atom is -0.497 e. The molecule has 7 heteroatoms. The Bertz CT molecular complexity index is 606. The van der Waals surface area contributed by atoms with E-state index in [1.54, 1.807) is 12.0 Å². The van der Waals surface area contributed by atoms with Crippen molar-refractivity contribution in [3.63, 3.8) is 0 Å². The van der Waals surface area contributed by atoms with Gasteiger partial charge in [-0.3, -0.25) is 0 Å². The molecule has 0 atom stereocenters. The largest absolute Gasteiger partial charge is 0.497 e. The van der Waals surface area contributed by atoms with Crippen LogP contribution < -0.4 is 15.0 Å². The van der Waals surface area contributed by atoms with E-state index in [4.69, 9.17) is 16.3 Å². The van der Waals surface area contributed by atoms with Crippen LogP contribution in [0.1, 0.15) is 5.56 Å². The molecule has 0 aliphatic carbocycles. The molecule has 0 spiro atoms. The van der Waals surface area contributed by atoms with E-state index >= 15 is 0 Å². The molecule has 2 aromatic rings. The summed E-state index contributed by atoms with van der Waals surface area (Å²) in [6, 6.07) is 7.95. The van der Waals surface area contributed by atoms with Crippen molar-refractivity contribution in [3.8, 4) is 5.75 Å². The molecule has 0 saturated heterocycles. The molecule has 112 valence electrons. The van der Waals surface area contributed by atoms with Crippen LogP contribution in [-0.2, 0) is 6.42 Å². The molecule has 1 heterocycles. The van der Waals surface area contributed by atoms with Crippen molar-refractivity contribution in [2.75, 3.05) is 38.0 Å². The molecular formula is C14H18ClN5O. The molecule has 1 aromatic carbocycles. The van der Waals surface area contributed by atoms with E-state index in [1.165, 1.54) is 5.56 Å². The SMILES string of the molecule is COc1cccc(CCNc2nc(Cl)nc(N(C)C)n2)c1. The Kier molecular flexibility index (Phi) is 5.16. The summed E-state index contributed by atoms with van der Waals surface area (Å²) < 4.78 is 5.20. The molecule has 0 bridgehead atoms. The number of benzene rings is 1. The number of hydrogen-bond donors (Lipinski definition) is 1. The van der Waals surface area contributed by atoms with Gasteiger partial charge in [-0.1, -0.05) is 12.1 Å². The molecule has 0 radical (unpaired) electrons. The smallest absolute Gasteiger partial charge is 0.230 e. The topological polar surface area (TPSA) is 63.2 Å². The van der Waals surface area contributed by atoms with Crippen molar-refractivity contribution in [1.29, 1.82) is 0 Å². The molecule has 2 rings (SSSR count). The van der Waals surface area contributed by atoms with Gasteiger partial charge in [0.15, 0.2) is 0 Å². The van der Waals surface area contributed by atoms with Crippen molar-refractivity contribution in [3.05, 3.63) is 35.1 Å². The van der Waals surface area contributed by atoms with Gasteiger partial charge < -0.3 is 15.0 Å². The molecule has 0 aliphatic rings. The number of nitrogens with zero attached hydrogens (tertiary/aromatic N) is 4. The van der Waals surface area contributed by atoms with Gasteiger partial charge in [0.2, 0.25) is 17.2 Å². The average Bonchev–Trinajstić information content (AvgIpc) is 2.47. The highest BCUT2D eigenvalue weighted by Crippen LogP contribution is 2.14. The Labute approximate surface area is 129 Å². The highest BCUT2D eigenvalue weighted by molar-refractivity contribution is 6.28. The quantitative estimate of drug-likeness (QED) is 0.883. The first-order valence-electron chi connectivity index (χ1n) is 6.54. The standard InChI is InChI=1S/C14H18ClN5O/c1-20(2)14-18-12(15)17-13(19-14)16-8-7-10-5-4-6-11(9-10)21-3/h4-6,9H,7-8H2,1-3H3,(H,16,17,18,19). The number of rotatable bonds is 6. The fourth-order valence-corrected chi connectivity index (χ4v) is 1.92. The van der Waals surface area contributed by atoms with Crippen molar-refractivity contribution in [1.82, 2.24) is 15.0 Å². The Morgan fingerprint density at radius 3 is 2.76 bits per heavy atom. The molecule has 1 N–H and O–H groups in total. The second-order valence-electron chi connectivity index (χ2n) is 4.65. The second kappa shape index (κ2) is 7.08. The van der Waals surface area contributed by atoms with Crippen LogP contribution in [0.4, 0.5) is 11.9 Å². The lowest BCUT2D eigenvalue weighted by Crippen LogP contribution is -2.16. The number of aromatic nitrogens is 3. The first-order chi connectivity index (χ1) is 10.1. The van der Waals surface area contributed by atoms with Crippen molar-refractivity contribution in [2.45, 2.75) is 6.42 Å². The summed E-state index contributed by atoms with van der Waals surface area (Å²) in [4.78, 5) is 14.2. The molecular weight excluding hydrogens is 290 g/mol. The van der Waals surface area contributed by atoms with Gasteiger partial charge in [0.25, 0.3) is 0 Å². The van der Waals surface area contributed by atoms with Crippen molar-refractivity contribution in [2.24, 2.45) is 0 Å². The van der Waals surface area contributed by atoms with Gasteiger partial charge in [-0.25, -0.2) is 0 Å². The van der Waals surface area contributed by atoms with Gasteiger partial charge in [0.1, 0.15) is 5.75 Å². The summed E-state index contributed by atoms with van der Waals surface area (Å²) in [5, 5.41) is 3.33. The highest BCUT2D eigenvalue weighted by Gasteiger charge is 2.06. The third-order valence-corrected chi connectivity index (χ3v) is 3.00. The Morgan fingerprint density at radius 1 is 1.24 bits per heavy atom. The summed E-state index contributed by atoms with van der Waals surface area (Å²) >= 11 is 5.88. The summed E-state index contributed by atoms with van der Waals surface area (Å²) in [5.41, 5.74) is 1.18. The van der Waals surface area contributed by atoms with Crippen molar-refractivity contribution >= 4 is 23.5 Å². The fraction of sp³-hybridized carbons (Fsp3) is 0.357. The van der Waals surface area contributed by atoms with Crippen LogP contribution >= 0.6 is 11.6 Å². The van der Waals surface area contributed by atoms with Crippen LogP contribution in [0.2, 0.25) is 5.28 Å². The fourth-order valence-electron chi connectivity index (χ4n) is 1.77. The van der Waals surface area contributed by atoms with Crippen LogP contribution in [-0.4, -0.2) is 42.7 Å². The maximum absolute atomic E-state index is 5.88. The first-order valence-corrected chi connectivity index (χ1v) is 6.92. The number of halogens is 1. The van der Waals surface area contributed by atoms with Gasteiger partial charge in [0, 0.05) is 20.6 Å². The number of hydrogen-bond acceptors (Lipinski definition) is 6. The van der Waals surface area contributed by atoms with E-state index in [9.17, 15) is 0 Å². The predicted octanol–water partition coefficient (Wildman–Crippen LogP) is 2.25. The maximum atomic E-state index is 5.88. The van der Waals surface area contributed by atoms with Gasteiger partial charge in [0.05, 0.1) is 7.11 Å². The molecule has 0 saturated carbocycles. The van der Waals surface area contributed by atoms with Crippen LogP contribution in [0, 0.1) is 0 Å². The zero-order valence-electron chi connectivity index (χ0n) is 12.3. The molecule has 0 aliphatic heterocycles. The number of anilines is 2. The van der Waals surface area contributed by atoms with Crippen LogP contribution in [0.3, 0.4) is 0 Å². The minimum absolute atomic E-state index is 0.178. The van der Waals surface area contributed by atoms with E-state index in [0.29, 0.717) is 18.4 Å². The zero-order valence-corrected chi connectivity index (χ0v) is 13.1. The predicted molar refractivity (Wildman–Crippen MR) is 84.4 cm³/mol. The normalized spacial score (nSPS) is 10.3. The lowest BCUT2D eigenvalue weighted by molar-refractivity contribution is 0.414. The summed E-state index contributed by atoms with van der Waals surface area (Å²) in [5.74, 6) is 1.85. The number of ether oxygens (including phenoxy) is 1. The van der Waals surface area contributed by atoms with Gasteiger partial charge >= 0.3 is 0 Å². The first kappa shape index (κ1) is 15.3. The summed E-state index contributed by atoms with van der Waals surface area (Å²) in [6.45, 7) is 0.695. The van der Waals surface area contributed by atoms with Crippen LogP contribution in [0.25, 0.3) is 0 Å². The number of methoxy groups -OCH3 is 1. The van der Waals surface area contributed by atoms with E-state index < -0.39 is 0 Å². The monoisotopic (exact) mass is 307 g/mol. The molecule has 0 fully saturated rings. The molecule has 1 aromatic heterocycles. The van der Waals surface area contributed by atoms with Gasteiger partial charge in [-0.15, -0.1) is 0 Å². The van der Waals surface area contributed by atoms with Crippen molar-refractivity contribution < 1.29 is 4.74 Å². The molecule has 6 nitrogen and oxygen atoms in total. The maximum Gasteiger partial charge on any atom is 0.230 e. The summed E-state index contributed by atoms with van der Waals surface area (Å²) in [6.07, 6.45) is 0.831. The third-order valence-electron chi connectivity index (χ3n) is 2.83.